The first-order chi connectivity index (χ1) is 17.1. The molecule has 0 aliphatic carbocycles. The highest BCUT2D eigenvalue weighted by Gasteiger charge is 2.21. The Morgan fingerprint density at radius 1 is 0.971 bits per heavy atom. The first-order valence-corrected chi connectivity index (χ1v) is 12.2. The Morgan fingerprint density at radius 2 is 1.71 bits per heavy atom. The first kappa shape index (κ1) is 22.7. The highest BCUT2D eigenvalue weighted by atomic mass is 32.1. The van der Waals surface area contributed by atoms with Crippen molar-refractivity contribution in [2.75, 3.05) is 18.1 Å². The highest BCUT2D eigenvalue weighted by Crippen LogP contribution is 2.30. The van der Waals surface area contributed by atoms with E-state index in [4.69, 9.17) is 10.8 Å². The van der Waals surface area contributed by atoms with Crippen molar-refractivity contribution in [2.24, 2.45) is 0 Å². The minimum Gasteiger partial charge on any atom is -0.368 e. The second-order valence-electron chi connectivity index (χ2n) is 8.22. The van der Waals surface area contributed by atoms with E-state index >= 15 is 0 Å². The molecule has 0 bridgehead atoms. The van der Waals surface area contributed by atoms with Crippen LogP contribution < -0.4 is 11.1 Å². The van der Waals surface area contributed by atoms with Gasteiger partial charge in [-0.1, -0.05) is 42.5 Å². The number of anilines is 3. The molecule has 1 atom stereocenters. The van der Waals surface area contributed by atoms with E-state index in [-0.39, 0.29) is 12.0 Å². The topological polar surface area (TPSA) is 97.8 Å². The molecule has 3 heterocycles. The third kappa shape index (κ3) is 5.21. The Morgan fingerprint density at radius 3 is 2.43 bits per heavy atom. The van der Waals surface area contributed by atoms with Crippen LogP contribution in [-0.4, -0.2) is 36.7 Å². The Kier molecular flexibility index (Phi) is 6.51. The number of para-hydroxylation sites is 2. The maximum atomic E-state index is 6.03. The van der Waals surface area contributed by atoms with E-state index in [0.29, 0.717) is 18.3 Å². The number of hydrogen-bond donors (Lipinski definition) is 2. The summed E-state index contributed by atoms with van der Waals surface area (Å²) in [5.74, 6) is 1.21. The molecular formula is C26H26N8S. The van der Waals surface area contributed by atoms with E-state index in [0.717, 1.165) is 27.5 Å². The quantitative estimate of drug-likeness (QED) is 0.309. The van der Waals surface area contributed by atoms with Crippen LogP contribution in [0.2, 0.25) is 0 Å². The first-order valence-electron chi connectivity index (χ1n) is 11.3. The number of aromatic nitrogens is 5. The molecule has 2 aromatic carbocycles. The lowest BCUT2D eigenvalue weighted by Gasteiger charge is -2.23. The highest BCUT2D eigenvalue weighted by molar-refractivity contribution is 7.13. The van der Waals surface area contributed by atoms with Crippen LogP contribution in [0, 0.1) is 0 Å². The summed E-state index contributed by atoms with van der Waals surface area (Å²) in [6.07, 6.45) is 2.10. The fourth-order valence-electron chi connectivity index (χ4n) is 3.76. The van der Waals surface area contributed by atoms with Gasteiger partial charge < -0.3 is 11.1 Å². The largest absolute Gasteiger partial charge is 0.368 e. The smallest absolute Gasteiger partial charge is 0.232 e. The lowest BCUT2D eigenvalue weighted by molar-refractivity contribution is 0.244. The number of hydrogen-bond acceptors (Lipinski definition) is 8. The molecule has 0 saturated carbocycles. The molecular weight excluding hydrogens is 456 g/mol. The van der Waals surface area contributed by atoms with Crippen LogP contribution >= 0.6 is 11.3 Å². The van der Waals surface area contributed by atoms with Crippen molar-refractivity contribution in [2.45, 2.75) is 19.5 Å². The molecule has 176 valence electrons. The molecule has 3 aromatic heterocycles. The van der Waals surface area contributed by atoms with Crippen molar-refractivity contribution in [1.29, 1.82) is 0 Å². The average molecular weight is 483 g/mol. The lowest BCUT2D eigenvalue weighted by Crippen LogP contribution is -2.24. The van der Waals surface area contributed by atoms with Gasteiger partial charge in [0.25, 0.3) is 0 Å². The van der Waals surface area contributed by atoms with Crippen LogP contribution in [0.25, 0.3) is 16.3 Å². The summed E-state index contributed by atoms with van der Waals surface area (Å²) in [7, 11) is 2.05. The van der Waals surface area contributed by atoms with Crippen LogP contribution in [0.1, 0.15) is 24.4 Å². The standard InChI is InChI=1S/C26H26N8S/c1-18(24-29-25(27)31-26(30-24)28-20-10-5-3-6-11-20)33(2)16-19-17-34(21-12-7-4-8-13-21)32-23(19)22-14-9-15-35-22/h3-15,17-18H,16H2,1-2H3,(H3,27,28,29,30,31). The van der Waals surface area contributed by atoms with Gasteiger partial charge in [0.2, 0.25) is 11.9 Å². The van der Waals surface area contributed by atoms with Crippen molar-refractivity contribution >= 4 is 28.9 Å². The Labute approximate surface area is 208 Å². The van der Waals surface area contributed by atoms with Crippen LogP contribution in [0.3, 0.4) is 0 Å². The van der Waals surface area contributed by atoms with E-state index in [9.17, 15) is 0 Å². The van der Waals surface area contributed by atoms with E-state index in [1.807, 2.05) is 66.3 Å². The number of rotatable bonds is 8. The molecule has 0 spiro atoms. The van der Waals surface area contributed by atoms with Gasteiger partial charge in [-0.15, -0.1) is 11.3 Å². The predicted molar refractivity (Wildman–Crippen MR) is 141 cm³/mol. The number of nitrogens with one attached hydrogen (secondary N) is 1. The molecule has 0 amide bonds. The molecule has 0 saturated heterocycles. The van der Waals surface area contributed by atoms with Gasteiger partial charge in [0.15, 0.2) is 5.82 Å². The van der Waals surface area contributed by atoms with Gasteiger partial charge in [-0.2, -0.15) is 20.1 Å². The lowest BCUT2D eigenvalue weighted by atomic mass is 10.2. The summed E-state index contributed by atoms with van der Waals surface area (Å²) in [6, 6.07) is 23.9. The summed E-state index contributed by atoms with van der Waals surface area (Å²) in [5, 5.41) is 10.2. The molecule has 5 rings (SSSR count). The van der Waals surface area contributed by atoms with Crippen LogP contribution in [0.5, 0.6) is 0 Å². The number of benzene rings is 2. The summed E-state index contributed by atoms with van der Waals surface area (Å²) < 4.78 is 1.94. The van der Waals surface area contributed by atoms with Crippen molar-refractivity contribution in [3.8, 4) is 16.3 Å². The minimum absolute atomic E-state index is 0.104. The molecule has 3 N–H and O–H groups in total. The summed E-state index contributed by atoms with van der Waals surface area (Å²) in [6.45, 7) is 2.72. The van der Waals surface area contributed by atoms with E-state index in [1.54, 1.807) is 11.3 Å². The summed E-state index contributed by atoms with van der Waals surface area (Å²) in [5.41, 5.74) is 10.0. The molecule has 9 heteroatoms. The number of nitrogens with zero attached hydrogens (tertiary/aromatic N) is 6. The molecule has 8 nitrogen and oxygen atoms in total. The maximum absolute atomic E-state index is 6.03. The summed E-state index contributed by atoms with van der Waals surface area (Å²) in [4.78, 5) is 16.6. The average Bonchev–Trinajstić information content (AvgIpc) is 3.54. The molecule has 5 aromatic rings. The number of thiophene rings is 1. The zero-order valence-corrected chi connectivity index (χ0v) is 20.4. The normalized spacial score (nSPS) is 12.1. The fourth-order valence-corrected chi connectivity index (χ4v) is 4.51. The zero-order valence-electron chi connectivity index (χ0n) is 19.5. The number of nitrogens with two attached hydrogens (primary N) is 1. The minimum atomic E-state index is -0.104. The Hall–Kier alpha value is -4.08. The second-order valence-corrected chi connectivity index (χ2v) is 9.17. The summed E-state index contributed by atoms with van der Waals surface area (Å²) >= 11 is 1.68. The van der Waals surface area contributed by atoms with Gasteiger partial charge in [0, 0.05) is 24.0 Å². The monoisotopic (exact) mass is 482 g/mol. The molecule has 0 aliphatic rings. The second kappa shape index (κ2) is 10.0. The molecule has 1 unspecified atom stereocenters. The van der Waals surface area contributed by atoms with Crippen molar-refractivity contribution in [3.05, 3.63) is 95.8 Å². The predicted octanol–water partition coefficient (Wildman–Crippen LogP) is 5.30. The van der Waals surface area contributed by atoms with Gasteiger partial charge in [-0.3, -0.25) is 4.90 Å². The van der Waals surface area contributed by atoms with Gasteiger partial charge in [-0.05, 0) is 49.7 Å². The molecule has 0 radical (unpaired) electrons. The molecule has 0 aliphatic heterocycles. The fraction of sp³-hybridized carbons (Fsp3) is 0.154. The molecule has 35 heavy (non-hydrogen) atoms. The van der Waals surface area contributed by atoms with Crippen LogP contribution in [0.15, 0.2) is 84.4 Å². The van der Waals surface area contributed by atoms with Crippen molar-refractivity contribution < 1.29 is 0 Å². The Bertz CT molecular complexity index is 1380. The Balaban J connectivity index is 1.40. The van der Waals surface area contributed by atoms with Crippen molar-refractivity contribution in [3.63, 3.8) is 0 Å². The van der Waals surface area contributed by atoms with E-state index in [1.165, 1.54) is 0 Å². The van der Waals surface area contributed by atoms with Gasteiger partial charge in [0.1, 0.15) is 5.69 Å². The molecule has 0 fully saturated rings. The van der Waals surface area contributed by atoms with Crippen molar-refractivity contribution in [1.82, 2.24) is 29.6 Å². The van der Waals surface area contributed by atoms with Gasteiger partial charge >= 0.3 is 0 Å². The van der Waals surface area contributed by atoms with Gasteiger partial charge in [0.05, 0.1) is 16.6 Å². The third-order valence-electron chi connectivity index (χ3n) is 5.72. The zero-order chi connectivity index (χ0) is 24.2. The third-order valence-corrected chi connectivity index (χ3v) is 6.60. The van der Waals surface area contributed by atoms with Gasteiger partial charge in [-0.25, -0.2) is 4.68 Å². The van der Waals surface area contributed by atoms with Crippen LogP contribution in [-0.2, 0) is 6.54 Å². The SMILES string of the molecule is CC(c1nc(N)nc(Nc2ccccc2)n1)N(C)Cc1cn(-c2ccccc2)nc1-c1cccs1. The van der Waals surface area contributed by atoms with E-state index in [2.05, 4.69) is 61.9 Å². The maximum Gasteiger partial charge on any atom is 0.232 e. The number of nitrogen functional groups attached to an aromatic ring is 1. The van der Waals surface area contributed by atoms with Crippen LogP contribution in [0.4, 0.5) is 17.6 Å². The van der Waals surface area contributed by atoms with E-state index < -0.39 is 0 Å².